The van der Waals surface area contributed by atoms with Crippen molar-refractivity contribution in [2.45, 2.75) is 24.5 Å². The number of ether oxygens (including phenoxy) is 1. The minimum absolute atomic E-state index is 0.343. The monoisotopic (exact) mass is 285 g/mol. The fourth-order valence-corrected chi connectivity index (χ4v) is 4.27. The average molecular weight is 285 g/mol. The number of hydrogen-bond acceptors (Lipinski definition) is 6. The molecule has 19 heavy (non-hydrogen) atoms. The molecule has 8 heteroatoms. The van der Waals surface area contributed by atoms with Crippen LogP contribution < -0.4 is 0 Å². The standard InChI is InChI=1S/C11H15N3O4S/c1-18-11(15)9-3-2-4-10(9)19(16,17)14(7-5-12)8-6-13/h9-10H,2-4,7-8H2,1H3. The summed E-state index contributed by atoms with van der Waals surface area (Å²) in [5, 5.41) is 16.4. The van der Waals surface area contributed by atoms with Crippen LogP contribution in [-0.4, -0.2) is 44.1 Å². The number of nitrogens with zero attached hydrogens (tertiary/aromatic N) is 3. The fraction of sp³-hybridized carbons (Fsp3) is 0.727. The van der Waals surface area contributed by atoms with Gasteiger partial charge in [0.1, 0.15) is 13.1 Å². The van der Waals surface area contributed by atoms with Crippen molar-refractivity contribution in [3.63, 3.8) is 0 Å². The van der Waals surface area contributed by atoms with Crippen molar-refractivity contribution in [3.05, 3.63) is 0 Å². The largest absolute Gasteiger partial charge is 0.469 e. The normalized spacial score (nSPS) is 22.7. The lowest BCUT2D eigenvalue weighted by molar-refractivity contribution is -0.145. The minimum atomic E-state index is -3.84. The zero-order valence-electron chi connectivity index (χ0n) is 10.6. The first-order valence-corrected chi connectivity index (χ1v) is 7.30. The molecular weight excluding hydrogens is 270 g/mol. The Morgan fingerprint density at radius 3 is 2.37 bits per heavy atom. The molecule has 1 aliphatic rings. The molecule has 0 bridgehead atoms. The maximum Gasteiger partial charge on any atom is 0.310 e. The summed E-state index contributed by atoms with van der Waals surface area (Å²) in [4.78, 5) is 11.6. The number of carbonyl (C=O) groups excluding carboxylic acids is 1. The van der Waals surface area contributed by atoms with Gasteiger partial charge in [-0.2, -0.15) is 14.8 Å². The van der Waals surface area contributed by atoms with Crippen molar-refractivity contribution in [1.82, 2.24) is 4.31 Å². The van der Waals surface area contributed by atoms with E-state index in [1.807, 2.05) is 0 Å². The molecule has 0 aromatic heterocycles. The van der Waals surface area contributed by atoms with Gasteiger partial charge >= 0.3 is 5.97 Å². The summed E-state index contributed by atoms with van der Waals surface area (Å²) in [6.07, 6.45) is 1.40. The van der Waals surface area contributed by atoms with Crippen LogP contribution in [0, 0.1) is 28.6 Å². The number of sulfonamides is 1. The second kappa shape index (κ2) is 6.50. The molecule has 1 aliphatic carbocycles. The van der Waals surface area contributed by atoms with Gasteiger partial charge in [0.2, 0.25) is 10.0 Å². The van der Waals surface area contributed by atoms with Gasteiger partial charge in [-0.1, -0.05) is 6.42 Å². The van der Waals surface area contributed by atoms with Crippen LogP contribution in [0.15, 0.2) is 0 Å². The molecule has 0 heterocycles. The van der Waals surface area contributed by atoms with E-state index in [1.54, 1.807) is 12.1 Å². The second-order valence-corrected chi connectivity index (χ2v) is 6.38. The first kappa shape index (κ1) is 15.4. The van der Waals surface area contributed by atoms with Gasteiger partial charge in [-0.25, -0.2) is 8.42 Å². The molecule has 104 valence electrons. The third kappa shape index (κ3) is 3.22. The number of rotatable bonds is 5. The van der Waals surface area contributed by atoms with Crippen LogP contribution in [-0.2, 0) is 19.6 Å². The Labute approximate surface area is 112 Å². The van der Waals surface area contributed by atoms with E-state index >= 15 is 0 Å². The highest BCUT2D eigenvalue weighted by atomic mass is 32.2. The van der Waals surface area contributed by atoms with E-state index in [1.165, 1.54) is 7.11 Å². The maximum absolute atomic E-state index is 12.4. The Bertz CT molecular complexity index is 501. The van der Waals surface area contributed by atoms with Gasteiger partial charge in [0.25, 0.3) is 0 Å². The summed E-state index contributed by atoms with van der Waals surface area (Å²) in [7, 11) is -2.63. The molecule has 7 nitrogen and oxygen atoms in total. The molecule has 0 aliphatic heterocycles. The van der Waals surface area contributed by atoms with Crippen LogP contribution in [0.1, 0.15) is 19.3 Å². The molecule has 2 unspecified atom stereocenters. The van der Waals surface area contributed by atoms with Gasteiger partial charge in [0.05, 0.1) is 30.4 Å². The van der Waals surface area contributed by atoms with Crippen molar-refractivity contribution in [2.24, 2.45) is 5.92 Å². The zero-order chi connectivity index (χ0) is 14.5. The first-order valence-electron chi connectivity index (χ1n) is 5.79. The highest BCUT2D eigenvalue weighted by molar-refractivity contribution is 7.89. The van der Waals surface area contributed by atoms with Crippen LogP contribution in [0.5, 0.6) is 0 Å². The number of carbonyl (C=O) groups is 1. The van der Waals surface area contributed by atoms with E-state index in [2.05, 4.69) is 4.74 Å². The summed E-state index contributed by atoms with van der Waals surface area (Å²) in [6.45, 7) is -0.777. The molecule has 2 atom stereocenters. The quantitative estimate of drug-likeness (QED) is 0.519. The minimum Gasteiger partial charge on any atom is -0.469 e. The summed E-state index contributed by atoms with van der Waals surface area (Å²) >= 11 is 0. The smallest absolute Gasteiger partial charge is 0.310 e. The highest BCUT2D eigenvalue weighted by Crippen LogP contribution is 2.33. The van der Waals surface area contributed by atoms with E-state index in [0.717, 1.165) is 4.31 Å². The molecule has 1 fully saturated rings. The van der Waals surface area contributed by atoms with Gasteiger partial charge in [-0.05, 0) is 12.8 Å². The number of methoxy groups -OCH3 is 1. The van der Waals surface area contributed by atoms with Crippen LogP contribution in [0.4, 0.5) is 0 Å². The van der Waals surface area contributed by atoms with Gasteiger partial charge in [0.15, 0.2) is 0 Å². The summed E-state index contributed by atoms with van der Waals surface area (Å²) in [6, 6.07) is 3.44. The Kier molecular flexibility index (Phi) is 5.28. The summed E-state index contributed by atoms with van der Waals surface area (Å²) in [5.41, 5.74) is 0. The van der Waals surface area contributed by atoms with E-state index in [4.69, 9.17) is 10.5 Å². The third-order valence-electron chi connectivity index (χ3n) is 3.19. The Balaban J connectivity index is 3.01. The van der Waals surface area contributed by atoms with Gasteiger partial charge < -0.3 is 4.74 Å². The average Bonchev–Trinajstić information content (AvgIpc) is 2.87. The van der Waals surface area contributed by atoms with Crippen molar-refractivity contribution < 1.29 is 17.9 Å². The van der Waals surface area contributed by atoms with Crippen LogP contribution in [0.2, 0.25) is 0 Å². The van der Waals surface area contributed by atoms with Gasteiger partial charge in [-0.15, -0.1) is 0 Å². The Morgan fingerprint density at radius 2 is 1.89 bits per heavy atom. The molecular formula is C11H15N3O4S. The Morgan fingerprint density at radius 1 is 1.32 bits per heavy atom. The summed E-state index contributed by atoms with van der Waals surface area (Å²) in [5.74, 6) is -1.27. The molecule has 1 rings (SSSR count). The van der Waals surface area contributed by atoms with E-state index < -0.39 is 27.2 Å². The lowest BCUT2D eigenvalue weighted by Crippen LogP contribution is -2.42. The Hall–Kier alpha value is -1.64. The maximum atomic E-state index is 12.4. The lowest BCUT2D eigenvalue weighted by atomic mass is 10.1. The molecule has 0 N–H and O–H groups in total. The van der Waals surface area contributed by atoms with E-state index in [0.29, 0.717) is 19.3 Å². The topological polar surface area (TPSA) is 111 Å². The van der Waals surface area contributed by atoms with Crippen LogP contribution >= 0.6 is 0 Å². The molecule has 0 amide bonds. The van der Waals surface area contributed by atoms with E-state index in [9.17, 15) is 13.2 Å². The summed E-state index contributed by atoms with van der Waals surface area (Å²) < 4.78 is 30.1. The van der Waals surface area contributed by atoms with Crippen LogP contribution in [0.25, 0.3) is 0 Å². The van der Waals surface area contributed by atoms with Crippen molar-refractivity contribution in [2.75, 3.05) is 20.2 Å². The molecule has 0 aromatic rings. The molecule has 0 saturated heterocycles. The van der Waals surface area contributed by atoms with Crippen molar-refractivity contribution >= 4 is 16.0 Å². The molecule has 0 spiro atoms. The van der Waals surface area contributed by atoms with Crippen molar-refractivity contribution in [1.29, 1.82) is 10.5 Å². The SMILES string of the molecule is COC(=O)C1CCCC1S(=O)(=O)N(CC#N)CC#N. The zero-order valence-corrected chi connectivity index (χ0v) is 11.4. The molecule has 0 aromatic carbocycles. The lowest BCUT2D eigenvalue weighted by Gasteiger charge is -2.24. The van der Waals surface area contributed by atoms with Crippen molar-refractivity contribution in [3.8, 4) is 12.1 Å². The number of hydrogen-bond donors (Lipinski definition) is 0. The van der Waals surface area contributed by atoms with Crippen LogP contribution in [0.3, 0.4) is 0 Å². The number of nitriles is 2. The third-order valence-corrected chi connectivity index (χ3v) is 5.50. The second-order valence-electron chi connectivity index (χ2n) is 4.23. The molecule has 0 radical (unpaired) electrons. The van der Waals surface area contributed by atoms with Gasteiger partial charge in [-0.3, -0.25) is 4.79 Å². The number of esters is 1. The predicted molar refractivity (Wildman–Crippen MR) is 64.9 cm³/mol. The molecule has 1 saturated carbocycles. The van der Waals surface area contributed by atoms with E-state index in [-0.39, 0.29) is 13.1 Å². The predicted octanol–water partition coefficient (Wildman–Crippen LogP) is 0.00706. The fourth-order valence-electron chi connectivity index (χ4n) is 2.29. The van der Waals surface area contributed by atoms with Gasteiger partial charge in [0, 0.05) is 0 Å². The first-order chi connectivity index (χ1) is 8.98. The highest BCUT2D eigenvalue weighted by Gasteiger charge is 2.44.